The van der Waals surface area contributed by atoms with Crippen LogP contribution in [0.5, 0.6) is 0 Å². The lowest BCUT2D eigenvalue weighted by Crippen LogP contribution is -2.37. The number of carbonyl (C=O) groups is 1. The first kappa shape index (κ1) is 22.4. The fraction of sp³-hybridized carbons (Fsp3) is 0.375. The molecule has 0 spiro atoms. The van der Waals surface area contributed by atoms with Crippen molar-refractivity contribution in [3.63, 3.8) is 0 Å². The summed E-state index contributed by atoms with van der Waals surface area (Å²) in [5, 5.41) is 7.07. The van der Waals surface area contributed by atoms with E-state index in [1.807, 2.05) is 50.6 Å². The molecule has 0 aliphatic rings. The number of amides is 1. The highest BCUT2D eigenvalue weighted by atomic mass is 35.5. The molecule has 0 fully saturated rings. The van der Waals surface area contributed by atoms with E-state index in [1.54, 1.807) is 10.7 Å². The lowest BCUT2D eigenvalue weighted by molar-refractivity contribution is -0.117. The van der Waals surface area contributed by atoms with E-state index in [9.17, 15) is 4.79 Å². The number of hydrogen-bond acceptors (Lipinski definition) is 4. The molecular weight excluding hydrogens is 349 g/mol. The Labute approximate surface area is 155 Å². The van der Waals surface area contributed by atoms with Gasteiger partial charge in [0.25, 0.3) is 0 Å². The maximum Gasteiger partial charge on any atom is 0.242 e. The molecule has 0 saturated carbocycles. The minimum Gasteiger partial charge on any atom is -0.320 e. The van der Waals surface area contributed by atoms with Crippen molar-refractivity contribution < 1.29 is 4.79 Å². The molecule has 1 aromatic carbocycles. The van der Waals surface area contributed by atoms with Crippen LogP contribution in [0, 0.1) is 0 Å². The van der Waals surface area contributed by atoms with Gasteiger partial charge in [-0.2, -0.15) is 5.10 Å². The average molecular weight is 374 g/mol. The van der Waals surface area contributed by atoms with E-state index in [2.05, 4.69) is 15.3 Å². The molecule has 0 radical (unpaired) electrons. The first-order valence-electron chi connectivity index (χ1n) is 7.33. The summed E-state index contributed by atoms with van der Waals surface area (Å²) in [6, 6.07) is 10.9. The Morgan fingerprint density at radius 2 is 1.92 bits per heavy atom. The highest BCUT2D eigenvalue weighted by Crippen LogP contribution is 2.06. The quantitative estimate of drug-likeness (QED) is 0.775. The van der Waals surface area contributed by atoms with E-state index in [4.69, 9.17) is 5.73 Å². The van der Waals surface area contributed by atoms with Crippen LogP contribution in [0.3, 0.4) is 0 Å². The third-order valence-electron chi connectivity index (χ3n) is 3.30. The van der Waals surface area contributed by atoms with Crippen molar-refractivity contribution in [2.45, 2.75) is 19.0 Å². The van der Waals surface area contributed by atoms with Gasteiger partial charge in [-0.3, -0.25) is 9.48 Å². The number of nitrogens with one attached hydrogen (secondary N) is 1. The van der Waals surface area contributed by atoms with Crippen LogP contribution in [-0.4, -0.2) is 47.3 Å². The van der Waals surface area contributed by atoms with Crippen LogP contribution in [0.25, 0.3) is 0 Å². The van der Waals surface area contributed by atoms with Crippen molar-refractivity contribution in [3.05, 3.63) is 48.2 Å². The molecule has 1 unspecified atom stereocenters. The maximum absolute atomic E-state index is 12.1. The Kier molecular flexibility index (Phi) is 10.3. The van der Waals surface area contributed by atoms with E-state index in [0.717, 1.165) is 18.7 Å². The van der Waals surface area contributed by atoms with E-state index in [1.165, 1.54) is 0 Å². The first-order chi connectivity index (χ1) is 10.5. The first-order valence-corrected chi connectivity index (χ1v) is 7.33. The summed E-state index contributed by atoms with van der Waals surface area (Å²) in [7, 11) is 4.02. The second-order valence-corrected chi connectivity index (χ2v) is 5.55. The maximum atomic E-state index is 12.1. The van der Waals surface area contributed by atoms with Gasteiger partial charge in [0.1, 0.15) is 0 Å². The van der Waals surface area contributed by atoms with E-state index in [0.29, 0.717) is 12.2 Å². The number of rotatable bonds is 7. The van der Waals surface area contributed by atoms with Crippen molar-refractivity contribution >= 4 is 36.5 Å². The molecule has 2 aromatic rings. The number of halogens is 2. The molecule has 1 atom stereocenters. The fourth-order valence-electron chi connectivity index (χ4n) is 2.03. The van der Waals surface area contributed by atoms with Gasteiger partial charge in [-0.1, -0.05) is 30.3 Å². The number of likely N-dealkylation sites (N-methyl/N-ethyl adjacent to an activating group) is 1. The van der Waals surface area contributed by atoms with Crippen molar-refractivity contribution in [2.75, 3.05) is 26.0 Å². The third-order valence-corrected chi connectivity index (χ3v) is 3.30. The minimum atomic E-state index is -0.589. The molecule has 0 saturated heterocycles. The van der Waals surface area contributed by atoms with Crippen molar-refractivity contribution in [2.24, 2.45) is 5.73 Å². The number of aromatic nitrogens is 2. The molecular formula is C16H25Cl2N5O. The highest BCUT2D eigenvalue weighted by molar-refractivity contribution is 5.94. The molecule has 8 heteroatoms. The molecule has 0 bridgehead atoms. The van der Waals surface area contributed by atoms with Gasteiger partial charge in [0, 0.05) is 18.8 Å². The smallest absolute Gasteiger partial charge is 0.242 e. The number of anilines is 1. The zero-order valence-corrected chi connectivity index (χ0v) is 15.5. The molecule has 2 rings (SSSR count). The van der Waals surface area contributed by atoms with Gasteiger partial charge in [-0.15, -0.1) is 24.8 Å². The normalized spacial score (nSPS) is 11.3. The van der Waals surface area contributed by atoms with Crippen molar-refractivity contribution in [1.82, 2.24) is 14.7 Å². The molecule has 1 aromatic heterocycles. The lowest BCUT2D eigenvalue weighted by atomic mass is 10.1. The summed E-state index contributed by atoms with van der Waals surface area (Å²) in [4.78, 5) is 14.2. The van der Waals surface area contributed by atoms with Crippen LogP contribution in [0.1, 0.15) is 5.56 Å². The summed E-state index contributed by atoms with van der Waals surface area (Å²) in [6.07, 6.45) is 2.36. The Morgan fingerprint density at radius 1 is 1.25 bits per heavy atom. The lowest BCUT2D eigenvalue weighted by Gasteiger charge is -2.11. The predicted molar refractivity (Wildman–Crippen MR) is 102 cm³/mol. The predicted octanol–water partition coefficient (Wildman–Crippen LogP) is 1.80. The van der Waals surface area contributed by atoms with Crippen LogP contribution in [-0.2, 0) is 17.8 Å². The largest absolute Gasteiger partial charge is 0.320 e. The van der Waals surface area contributed by atoms with Gasteiger partial charge in [-0.05, 0) is 26.1 Å². The zero-order chi connectivity index (χ0) is 15.9. The average Bonchev–Trinajstić information content (AvgIpc) is 2.93. The Hall–Kier alpha value is -1.60. The van der Waals surface area contributed by atoms with E-state index in [-0.39, 0.29) is 30.7 Å². The van der Waals surface area contributed by atoms with Crippen molar-refractivity contribution in [1.29, 1.82) is 0 Å². The van der Waals surface area contributed by atoms with Crippen LogP contribution >= 0.6 is 24.8 Å². The van der Waals surface area contributed by atoms with Gasteiger partial charge in [0.05, 0.1) is 12.6 Å². The SMILES string of the molecule is CN(C)CCn1ccc(NC(=O)C(N)Cc2ccccc2)n1.Cl.Cl. The summed E-state index contributed by atoms with van der Waals surface area (Å²) < 4.78 is 1.80. The van der Waals surface area contributed by atoms with Gasteiger partial charge < -0.3 is 16.0 Å². The molecule has 0 aliphatic carbocycles. The van der Waals surface area contributed by atoms with Gasteiger partial charge >= 0.3 is 0 Å². The number of carbonyl (C=O) groups excluding carboxylic acids is 1. The number of benzene rings is 1. The number of hydrogen-bond donors (Lipinski definition) is 2. The molecule has 6 nitrogen and oxygen atoms in total. The second kappa shape index (κ2) is 11.0. The Balaban J connectivity index is 0.00000264. The minimum absolute atomic E-state index is 0. The fourth-order valence-corrected chi connectivity index (χ4v) is 2.03. The topological polar surface area (TPSA) is 76.2 Å². The molecule has 0 aliphatic heterocycles. The Morgan fingerprint density at radius 3 is 2.54 bits per heavy atom. The Bertz CT molecular complexity index is 604. The molecule has 3 N–H and O–H groups in total. The second-order valence-electron chi connectivity index (χ2n) is 5.55. The summed E-state index contributed by atoms with van der Waals surface area (Å²) >= 11 is 0. The highest BCUT2D eigenvalue weighted by Gasteiger charge is 2.15. The van der Waals surface area contributed by atoms with Gasteiger partial charge in [0.2, 0.25) is 5.91 Å². The summed E-state index contributed by atoms with van der Waals surface area (Å²) in [5.41, 5.74) is 6.99. The summed E-state index contributed by atoms with van der Waals surface area (Å²) in [5.74, 6) is 0.314. The molecule has 24 heavy (non-hydrogen) atoms. The van der Waals surface area contributed by atoms with Crippen LogP contribution in [0.2, 0.25) is 0 Å². The standard InChI is InChI=1S/C16H23N5O.2ClH/c1-20(2)10-11-21-9-8-15(19-21)18-16(22)14(17)12-13-6-4-3-5-7-13;;/h3-9,14H,10-12,17H2,1-2H3,(H,18,19,22);2*1H. The van der Waals surface area contributed by atoms with Gasteiger partial charge in [-0.25, -0.2) is 0 Å². The molecule has 134 valence electrons. The van der Waals surface area contributed by atoms with Crippen LogP contribution in [0.4, 0.5) is 5.82 Å². The monoisotopic (exact) mass is 373 g/mol. The van der Waals surface area contributed by atoms with E-state index >= 15 is 0 Å². The molecule has 1 amide bonds. The van der Waals surface area contributed by atoms with Crippen LogP contribution in [0.15, 0.2) is 42.6 Å². The summed E-state index contributed by atoms with van der Waals surface area (Å²) in [6.45, 7) is 1.67. The van der Waals surface area contributed by atoms with Crippen LogP contribution < -0.4 is 11.1 Å². The zero-order valence-electron chi connectivity index (χ0n) is 13.9. The van der Waals surface area contributed by atoms with E-state index < -0.39 is 6.04 Å². The van der Waals surface area contributed by atoms with Gasteiger partial charge in [0.15, 0.2) is 5.82 Å². The van der Waals surface area contributed by atoms with Crippen molar-refractivity contribution in [3.8, 4) is 0 Å². The number of nitrogens with zero attached hydrogens (tertiary/aromatic N) is 3. The third kappa shape index (κ3) is 7.31. The number of nitrogens with two attached hydrogens (primary N) is 1. The molecule has 1 heterocycles.